The second-order valence-electron chi connectivity index (χ2n) is 10.7. The van der Waals surface area contributed by atoms with Gasteiger partial charge in [0.1, 0.15) is 6.33 Å². The van der Waals surface area contributed by atoms with Crippen LogP contribution >= 0.6 is 0 Å². The summed E-state index contributed by atoms with van der Waals surface area (Å²) in [5.41, 5.74) is 0.790. The first-order valence-corrected chi connectivity index (χ1v) is 13.8. The van der Waals surface area contributed by atoms with Gasteiger partial charge in [-0.05, 0) is 31.8 Å². The van der Waals surface area contributed by atoms with Gasteiger partial charge in [0.25, 0.3) is 0 Å². The zero-order valence-corrected chi connectivity index (χ0v) is 22.8. The average molecular weight is 587 g/mol. The van der Waals surface area contributed by atoms with Gasteiger partial charge < -0.3 is 30.3 Å². The molecule has 2 aliphatic heterocycles. The van der Waals surface area contributed by atoms with Crippen LogP contribution in [0.15, 0.2) is 31.4 Å². The molecule has 3 fully saturated rings. The molecule has 1 unspecified atom stereocenters. The molecule has 1 saturated carbocycles. The second-order valence-corrected chi connectivity index (χ2v) is 10.7. The first-order chi connectivity index (χ1) is 20.3. The molecule has 224 valence electrons. The molecule has 0 bridgehead atoms. The van der Waals surface area contributed by atoms with E-state index < -0.39 is 6.55 Å². The van der Waals surface area contributed by atoms with E-state index in [-0.39, 0.29) is 36.0 Å². The summed E-state index contributed by atoms with van der Waals surface area (Å²) >= 11 is 0. The van der Waals surface area contributed by atoms with Crippen molar-refractivity contribution in [1.82, 2.24) is 39.9 Å². The Kier molecular flexibility index (Phi) is 7.72. The normalized spacial score (nSPS) is 24.0. The number of carbonyl (C=O) groups excluding carboxylic acids is 2. The lowest BCUT2D eigenvalue weighted by molar-refractivity contribution is -0.153. The third-order valence-electron chi connectivity index (χ3n) is 7.79. The molecule has 2 amide bonds. The minimum atomic E-state index is -2.78. The second kappa shape index (κ2) is 11.6. The number of hydrogen-bond acceptors (Lipinski definition) is 10. The number of ether oxygens (including phenoxy) is 2. The fourth-order valence-electron chi connectivity index (χ4n) is 5.74. The highest BCUT2D eigenvalue weighted by Gasteiger charge is 2.49. The molecule has 5 heterocycles. The van der Waals surface area contributed by atoms with E-state index in [1.165, 1.54) is 24.8 Å². The predicted molar refractivity (Wildman–Crippen MR) is 146 cm³/mol. The number of rotatable bonds is 9. The highest BCUT2D eigenvalue weighted by Crippen LogP contribution is 2.42. The van der Waals surface area contributed by atoms with Crippen molar-refractivity contribution >= 4 is 34.7 Å². The molecule has 3 aromatic heterocycles. The van der Waals surface area contributed by atoms with Gasteiger partial charge in [-0.25, -0.2) is 9.67 Å². The number of imidazole rings is 1. The minimum Gasteiger partial charge on any atom is -0.378 e. The number of nitrogens with one attached hydrogen (secondary N) is 3. The zero-order chi connectivity index (χ0) is 29.3. The van der Waals surface area contributed by atoms with Crippen molar-refractivity contribution in [1.29, 1.82) is 0 Å². The highest BCUT2D eigenvalue weighted by molar-refractivity contribution is 5.88. The lowest BCUT2D eigenvalue weighted by Crippen LogP contribution is -2.61. The summed E-state index contributed by atoms with van der Waals surface area (Å²) in [6.45, 7) is 3.34. The van der Waals surface area contributed by atoms with E-state index in [1.807, 2.05) is 4.90 Å². The number of halogens is 2. The average Bonchev–Trinajstić information content (AvgIpc) is 3.63. The summed E-state index contributed by atoms with van der Waals surface area (Å²) < 4.78 is 39.9. The van der Waals surface area contributed by atoms with Gasteiger partial charge in [0.2, 0.25) is 17.8 Å². The van der Waals surface area contributed by atoms with Crippen molar-refractivity contribution in [3.05, 3.63) is 31.4 Å². The zero-order valence-electron chi connectivity index (χ0n) is 22.8. The fraction of sp³-hybridized carbons (Fsp3) is 0.538. The van der Waals surface area contributed by atoms with Crippen LogP contribution in [-0.2, 0) is 19.1 Å². The Labute approximate surface area is 239 Å². The lowest BCUT2D eigenvalue weighted by Gasteiger charge is -2.51. The first kappa shape index (κ1) is 28.0. The van der Waals surface area contributed by atoms with E-state index >= 15 is 0 Å². The van der Waals surface area contributed by atoms with Crippen LogP contribution < -0.4 is 20.9 Å². The Morgan fingerprint density at radius 3 is 2.67 bits per heavy atom. The van der Waals surface area contributed by atoms with Gasteiger partial charge in [-0.15, -0.1) is 0 Å². The summed E-state index contributed by atoms with van der Waals surface area (Å²) in [5, 5.41) is 12.8. The smallest absolute Gasteiger partial charge is 0.333 e. The molecule has 1 aliphatic carbocycles. The van der Waals surface area contributed by atoms with Crippen molar-refractivity contribution in [2.24, 2.45) is 0 Å². The number of morpholine rings is 1. The Bertz CT molecular complexity index is 1460. The van der Waals surface area contributed by atoms with Gasteiger partial charge >= 0.3 is 6.55 Å². The summed E-state index contributed by atoms with van der Waals surface area (Å²) in [6, 6.07) is -0.0269. The van der Waals surface area contributed by atoms with Crippen LogP contribution in [0.5, 0.6) is 0 Å². The van der Waals surface area contributed by atoms with Crippen molar-refractivity contribution in [2.75, 3.05) is 49.7 Å². The Morgan fingerprint density at radius 2 is 1.93 bits per heavy atom. The summed E-state index contributed by atoms with van der Waals surface area (Å²) in [5.74, 6) is 0.335. The molecule has 6 rings (SSSR count). The van der Waals surface area contributed by atoms with Gasteiger partial charge in [-0.1, -0.05) is 6.58 Å². The summed E-state index contributed by atoms with van der Waals surface area (Å²) in [6.07, 6.45) is 7.97. The molecule has 0 radical (unpaired) electrons. The van der Waals surface area contributed by atoms with E-state index in [0.717, 1.165) is 0 Å². The van der Waals surface area contributed by atoms with Crippen LogP contribution in [0.2, 0.25) is 0 Å². The molecular weight excluding hydrogens is 554 g/mol. The van der Waals surface area contributed by atoms with Crippen LogP contribution in [-0.4, -0.2) is 98.3 Å². The maximum atomic E-state index is 13.2. The van der Waals surface area contributed by atoms with E-state index in [4.69, 9.17) is 9.47 Å². The van der Waals surface area contributed by atoms with Gasteiger partial charge in [0.05, 0.1) is 43.4 Å². The molecule has 14 nitrogen and oxygen atoms in total. The molecular formula is C26H32F2N10O4. The van der Waals surface area contributed by atoms with Crippen LogP contribution in [0, 0.1) is 0 Å². The largest absolute Gasteiger partial charge is 0.378 e. The van der Waals surface area contributed by atoms with Crippen molar-refractivity contribution < 1.29 is 27.8 Å². The number of amides is 2. The number of anilines is 2. The van der Waals surface area contributed by atoms with E-state index in [1.54, 1.807) is 4.57 Å². The third kappa shape index (κ3) is 5.76. The predicted octanol–water partition coefficient (Wildman–Crippen LogP) is 1.15. The number of alkyl halides is 2. The molecule has 2 saturated heterocycles. The monoisotopic (exact) mass is 586 g/mol. The maximum absolute atomic E-state index is 13.2. The van der Waals surface area contributed by atoms with Crippen molar-refractivity contribution in [3.8, 4) is 5.69 Å². The third-order valence-corrected chi connectivity index (χ3v) is 7.79. The number of aromatic nitrogens is 6. The van der Waals surface area contributed by atoms with E-state index in [2.05, 4.69) is 42.6 Å². The SMILES string of the molecule is C=CC(=O)NC1CC2(C1)CC(NC(=O)CNc1nc(N3CCOCC3)nc3c1ncn3-c1cnn(C(F)F)c1)CCO2. The highest BCUT2D eigenvalue weighted by atomic mass is 19.3. The Morgan fingerprint density at radius 1 is 1.14 bits per heavy atom. The Hall–Kier alpha value is -4.18. The van der Waals surface area contributed by atoms with Crippen LogP contribution in [0.1, 0.15) is 32.2 Å². The Balaban J connectivity index is 1.15. The number of carbonyl (C=O) groups is 2. The molecule has 3 aromatic rings. The molecule has 1 spiro atoms. The number of nitrogens with zero attached hydrogens (tertiary/aromatic N) is 7. The molecule has 3 aliphatic rings. The minimum absolute atomic E-state index is 0.0389. The van der Waals surface area contributed by atoms with Gasteiger partial charge in [-0.3, -0.25) is 14.2 Å². The van der Waals surface area contributed by atoms with Gasteiger partial charge in [-0.2, -0.15) is 23.8 Å². The van der Waals surface area contributed by atoms with Crippen LogP contribution in [0.4, 0.5) is 20.5 Å². The first-order valence-electron chi connectivity index (χ1n) is 13.8. The van der Waals surface area contributed by atoms with E-state index in [9.17, 15) is 18.4 Å². The van der Waals surface area contributed by atoms with Gasteiger partial charge in [0.15, 0.2) is 17.0 Å². The van der Waals surface area contributed by atoms with E-state index in [0.29, 0.717) is 91.9 Å². The maximum Gasteiger partial charge on any atom is 0.333 e. The molecule has 3 N–H and O–H groups in total. The molecule has 1 atom stereocenters. The van der Waals surface area contributed by atoms with Crippen LogP contribution in [0.25, 0.3) is 16.9 Å². The number of hydrogen-bond donors (Lipinski definition) is 3. The van der Waals surface area contributed by atoms with Crippen LogP contribution in [0.3, 0.4) is 0 Å². The van der Waals surface area contributed by atoms with Crippen molar-refractivity contribution in [3.63, 3.8) is 0 Å². The van der Waals surface area contributed by atoms with Crippen molar-refractivity contribution in [2.45, 2.75) is 49.9 Å². The standard InChI is InChI=1S/C26H32F2N10O4/c1-2-19(39)33-17-10-26(11-17)9-16(3-6-42-26)32-20(40)13-29-22-21-23(35-25(34-22)36-4-7-41-8-5-36)37(15-30-21)18-12-31-38(14-18)24(27)28/h2,12,14-17,24H,1,3-11,13H2,(H,32,40)(H,33,39)(H,29,34,35). The quantitative estimate of drug-likeness (QED) is 0.311. The molecule has 42 heavy (non-hydrogen) atoms. The summed E-state index contributed by atoms with van der Waals surface area (Å²) in [4.78, 5) is 40.3. The lowest BCUT2D eigenvalue weighted by atomic mass is 9.70. The number of fused-ring (bicyclic) bond motifs is 1. The molecule has 16 heteroatoms. The summed E-state index contributed by atoms with van der Waals surface area (Å²) in [7, 11) is 0. The van der Waals surface area contributed by atoms with Gasteiger partial charge in [0, 0.05) is 31.8 Å². The fourth-order valence-corrected chi connectivity index (χ4v) is 5.74. The molecule has 0 aromatic carbocycles. The topological polar surface area (TPSA) is 153 Å².